The fourth-order valence-corrected chi connectivity index (χ4v) is 2.33. The van der Waals surface area contributed by atoms with Crippen LogP contribution in [0, 0.1) is 0 Å². The Morgan fingerprint density at radius 2 is 1.84 bits per heavy atom. The Balaban J connectivity index is 2.03. The first-order valence-corrected chi connectivity index (χ1v) is 5.98. The van der Waals surface area contributed by atoms with Gasteiger partial charge < -0.3 is 5.11 Å². The molecule has 98 valence electrons. The van der Waals surface area contributed by atoms with Gasteiger partial charge in [0, 0.05) is 5.56 Å². The maximum Gasteiger partial charge on any atom is 0.445 e. The van der Waals surface area contributed by atoms with Gasteiger partial charge in [0.05, 0.1) is 11.9 Å². The highest BCUT2D eigenvalue weighted by atomic mass is 32.1. The molecule has 0 unspecified atom stereocenters. The van der Waals surface area contributed by atoms with Crippen LogP contribution in [-0.2, 0) is 6.18 Å². The van der Waals surface area contributed by atoms with Crippen molar-refractivity contribution in [1.29, 1.82) is 0 Å². The molecule has 2 aromatic heterocycles. The first-order chi connectivity index (χ1) is 8.93. The van der Waals surface area contributed by atoms with Gasteiger partial charge in [0.1, 0.15) is 5.75 Å². The first kappa shape index (κ1) is 12.0. The molecule has 1 N–H and O–H groups in total. The number of benzene rings is 1. The minimum atomic E-state index is -4.45. The molecule has 0 aliphatic heterocycles. The molecular weight excluding hydrogens is 279 g/mol. The van der Waals surface area contributed by atoms with Gasteiger partial charge >= 0.3 is 6.18 Å². The lowest BCUT2D eigenvalue weighted by Gasteiger charge is -1.98. The Morgan fingerprint density at radius 3 is 2.42 bits per heavy atom. The smallest absolute Gasteiger partial charge is 0.445 e. The average Bonchev–Trinajstić information content (AvgIpc) is 2.86. The van der Waals surface area contributed by atoms with Gasteiger partial charge in [-0.25, -0.2) is 9.50 Å². The van der Waals surface area contributed by atoms with Gasteiger partial charge in [-0.15, -0.1) is 5.10 Å². The molecule has 0 saturated carbocycles. The van der Waals surface area contributed by atoms with Crippen LogP contribution in [0.2, 0.25) is 0 Å². The summed E-state index contributed by atoms with van der Waals surface area (Å²) < 4.78 is 38.5. The second-order valence-corrected chi connectivity index (χ2v) is 4.76. The molecule has 3 aromatic rings. The Bertz CT molecular complexity index is 698. The predicted molar refractivity (Wildman–Crippen MR) is 63.0 cm³/mol. The van der Waals surface area contributed by atoms with Crippen molar-refractivity contribution in [2.45, 2.75) is 6.18 Å². The molecular formula is C11H6F3N3OS. The monoisotopic (exact) mass is 285 g/mol. The van der Waals surface area contributed by atoms with Gasteiger partial charge in [0.15, 0.2) is 0 Å². The minimum absolute atomic E-state index is 0.113. The molecule has 8 heteroatoms. The van der Waals surface area contributed by atoms with Crippen LogP contribution in [0.5, 0.6) is 5.75 Å². The van der Waals surface area contributed by atoms with Crippen molar-refractivity contribution >= 4 is 16.3 Å². The van der Waals surface area contributed by atoms with Crippen LogP contribution in [-0.4, -0.2) is 19.7 Å². The van der Waals surface area contributed by atoms with Crippen molar-refractivity contribution in [1.82, 2.24) is 14.6 Å². The van der Waals surface area contributed by atoms with Crippen LogP contribution in [0.3, 0.4) is 0 Å². The number of hydrogen-bond acceptors (Lipinski definition) is 4. The predicted octanol–water partition coefficient (Wildman–Crippen LogP) is 3.18. The molecule has 0 spiro atoms. The highest BCUT2D eigenvalue weighted by Gasteiger charge is 2.35. The van der Waals surface area contributed by atoms with Crippen molar-refractivity contribution in [3.8, 4) is 17.0 Å². The highest BCUT2D eigenvalue weighted by Crippen LogP contribution is 2.33. The van der Waals surface area contributed by atoms with E-state index in [-0.39, 0.29) is 10.7 Å². The van der Waals surface area contributed by atoms with Crippen molar-refractivity contribution in [3.05, 3.63) is 35.5 Å². The molecule has 0 radical (unpaired) electrons. The Labute approximate surface area is 108 Å². The van der Waals surface area contributed by atoms with E-state index < -0.39 is 11.2 Å². The van der Waals surface area contributed by atoms with E-state index in [9.17, 15) is 13.2 Å². The summed E-state index contributed by atoms with van der Waals surface area (Å²) in [5, 5.41) is 11.7. The number of imidazole rings is 1. The third-order valence-electron chi connectivity index (χ3n) is 2.45. The van der Waals surface area contributed by atoms with E-state index >= 15 is 0 Å². The minimum Gasteiger partial charge on any atom is -0.508 e. The first-order valence-electron chi connectivity index (χ1n) is 5.16. The molecule has 19 heavy (non-hydrogen) atoms. The summed E-state index contributed by atoms with van der Waals surface area (Å²) in [7, 11) is 0. The summed E-state index contributed by atoms with van der Waals surface area (Å²) in [4.78, 5) is 4.26. The number of aromatic nitrogens is 3. The van der Waals surface area contributed by atoms with Crippen LogP contribution >= 0.6 is 11.3 Å². The lowest BCUT2D eigenvalue weighted by molar-refractivity contribution is -0.138. The molecule has 0 saturated heterocycles. The second kappa shape index (κ2) is 3.95. The van der Waals surface area contributed by atoms with E-state index in [4.69, 9.17) is 5.11 Å². The summed E-state index contributed by atoms with van der Waals surface area (Å²) in [6.45, 7) is 0. The zero-order valence-corrected chi connectivity index (χ0v) is 10.0. The maximum atomic E-state index is 12.5. The SMILES string of the molecule is Oc1ccc(-c2cn3nc(C(F)(F)F)sc3n2)cc1. The van der Waals surface area contributed by atoms with E-state index in [1.165, 1.54) is 18.3 Å². The van der Waals surface area contributed by atoms with E-state index in [2.05, 4.69) is 10.1 Å². The van der Waals surface area contributed by atoms with Crippen LogP contribution < -0.4 is 0 Å². The van der Waals surface area contributed by atoms with Crippen LogP contribution in [0.15, 0.2) is 30.5 Å². The molecule has 0 amide bonds. The number of halogens is 3. The van der Waals surface area contributed by atoms with Crippen LogP contribution in [0.1, 0.15) is 5.01 Å². The summed E-state index contributed by atoms with van der Waals surface area (Å²) in [6.07, 6.45) is -3.03. The van der Waals surface area contributed by atoms with Crippen molar-refractivity contribution in [2.24, 2.45) is 0 Å². The summed E-state index contributed by atoms with van der Waals surface area (Å²) in [5.41, 5.74) is 1.21. The lowest BCUT2D eigenvalue weighted by atomic mass is 10.2. The Kier molecular flexibility index (Phi) is 2.49. The fourth-order valence-electron chi connectivity index (χ4n) is 1.59. The Morgan fingerprint density at radius 1 is 1.16 bits per heavy atom. The molecule has 4 nitrogen and oxygen atoms in total. The second-order valence-electron chi connectivity index (χ2n) is 3.81. The third-order valence-corrected chi connectivity index (χ3v) is 3.42. The number of fused-ring (bicyclic) bond motifs is 1. The molecule has 0 aliphatic carbocycles. The number of phenolic OH excluding ortho intramolecular Hbond substituents is 1. The van der Waals surface area contributed by atoms with E-state index in [1.54, 1.807) is 12.1 Å². The van der Waals surface area contributed by atoms with Crippen molar-refractivity contribution in [3.63, 3.8) is 0 Å². The molecule has 0 bridgehead atoms. The third kappa shape index (κ3) is 2.14. The number of nitrogens with zero attached hydrogens (tertiary/aromatic N) is 3. The summed E-state index contributed by atoms with van der Waals surface area (Å²) in [5.74, 6) is 0.113. The van der Waals surface area contributed by atoms with Crippen LogP contribution in [0.4, 0.5) is 13.2 Å². The van der Waals surface area contributed by atoms with Gasteiger partial charge in [0.25, 0.3) is 0 Å². The lowest BCUT2D eigenvalue weighted by Crippen LogP contribution is -2.04. The normalized spacial score (nSPS) is 12.2. The van der Waals surface area contributed by atoms with Gasteiger partial charge in [-0.1, -0.05) is 11.3 Å². The van der Waals surface area contributed by atoms with E-state index in [1.807, 2.05) is 0 Å². The average molecular weight is 285 g/mol. The molecule has 0 aliphatic rings. The molecule has 1 aromatic carbocycles. The number of hydrogen-bond donors (Lipinski definition) is 1. The van der Waals surface area contributed by atoms with E-state index in [0.717, 1.165) is 4.52 Å². The quantitative estimate of drug-likeness (QED) is 0.747. The number of phenols is 1. The summed E-state index contributed by atoms with van der Waals surface area (Å²) >= 11 is 0.489. The van der Waals surface area contributed by atoms with Crippen LogP contribution in [0.25, 0.3) is 16.2 Å². The fraction of sp³-hybridized carbons (Fsp3) is 0.0909. The molecule has 0 fully saturated rings. The molecule has 3 rings (SSSR count). The van der Waals surface area contributed by atoms with Crippen molar-refractivity contribution in [2.75, 3.05) is 0 Å². The van der Waals surface area contributed by atoms with E-state index in [0.29, 0.717) is 22.6 Å². The topological polar surface area (TPSA) is 50.4 Å². The largest absolute Gasteiger partial charge is 0.508 e. The zero-order valence-electron chi connectivity index (χ0n) is 9.22. The Hall–Kier alpha value is -2.09. The number of alkyl halides is 3. The number of aromatic hydroxyl groups is 1. The van der Waals surface area contributed by atoms with Crippen molar-refractivity contribution < 1.29 is 18.3 Å². The van der Waals surface area contributed by atoms with Gasteiger partial charge in [0.2, 0.25) is 9.97 Å². The van der Waals surface area contributed by atoms with Gasteiger partial charge in [-0.2, -0.15) is 13.2 Å². The zero-order chi connectivity index (χ0) is 13.6. The van der Waals surface area contributed by atoms with Gasteiger partial charge in [-0.3, -0.25) is 0 Å². The standard InChI is InChI=1S/C11H6F3N3OS/c12-11(13,14)9-16-17-5-8(15-10(17)19-9)6-1-3-7(18)4-2-6/h1-5,18H. The number of rotatable bonds is 1. The highest BCUT2D eigenvalue weighted by molar-refractivity contribution is 7.16. The molecule has 2 heterocycles. The maximum absolute atomic E-state index is 12.5. The summed E-state index contributed by atoms with van der Waals surface area (Å²) in [6, 6.07) is 6.23. The van der Waals surface area contributed by atoms with Gasteiger partial charge in [-0.05, 0) is 24.3 Å². The molecule has 0 atom stereocenters.